The highest BCUT2D eigenvalue weighted by molar-refractivity contribution is 7.45. The minimum Gasteiger partial charge on any atom is -0.756 e. The molecule has 0 aliphatic rings. The Morgan fingerprint density at radius 1 is 0.474 bits per heavy atom. The molecule has 0 aromatic carbocycles. The molecule has 0 aromatic rings. The van der Waals surface area contributed by atoms with E-state index in [-0.39, 0.29) is 26.1 Å². The van der Waals surface area contributed by atoms with Crippen LogP contribution in [0.5, 0.6) is 0 Å². The first kappa shape index (κ1) is 56.0. The fourth-order valence-electron chi connectivity index (χ4n) is 7.07. The molecule has 57 heavy (non-hydrogen) atoms. The van der Waals surface area contributed by atoms with E-state index in [1.54, 1.807) is 0 Å². The molecule has 0 amide bonds. The minimum absolute atomic E-state index is 0.0264. The lowest BCUT2D eigenvalue weighted by atomic mass is 10.0. The lowest BCUT2D eigenvalue weighted by molar-refractivity contribution is -0.870. The molecule has 0 bridgehead atoms. The van der Waals surface area contributed by atoms with Gasteiger partial charge in [0.05, 0.1) is 27.7 Å². The Bertz CT molecular complexity index is 943. The van der Waals surface area contributed by atoms with Gasteiger partial charge >= 0.3 is 11.9 Å². The number of phosphoric acid groups is 1. The van der Waals surface area contributed by atoms with Gasteiger partial charge in [-0.1, -0.05) is 213 Å². The number of quaternary nitrogens is 1. The van der Waals surface area contributed by atoms with E-state index in [0.717, 1.165) is 44.9 Å². The molecule has 0 aliphatic carbocycles. The van der Waals surface area contributed by atoms with Crippen molar-refractivity contribution in [1.82, 2.24) is 0 Å². The van der Waals surface area contributed by atoms with E-state index in [4.69, 9.17) is 18.5 Å². The van der Waals surface area contributed by atoms with Crippen LogP contribution in [-0.2, 0) is 32.7 Å². The monoisotopic (exact) mass is 832 g/mol. The molecule has 0 rings (SSSR count). The van der Waals surface area contributed by atoms with Crippen LogP contribution in [0.4, 0.5) is 0 Å². The molecule has 0 aromatic heterocycles. The average Bonchev–Trinajstić information content (AvgIpc) is 3.16. The predicted octanol–water partition coefficient (Wildman–Crippen LogP) is 13.3. The first-order valence-electron chi connectivity index (χ1n) is 24.2. The number of ether oxygens (including phenoxy) is 2. The van der Waals surface area contributed by atoms with Crippen LogP contribution in [0.3, 0.4) is 0 Å². The molecule has 0 spiro atoms. The highest BCUT2D eigenvalue weighted by atomic mass is 31.2. The van der Waals surface area contributed by atoms with Gasteiger partial charge in [0.25, 0.3) is 7.82 Å². The number of unbranched alkanes of at least 4 members (excludes halogenated alkanes) is 31. The van der Waals surface area contributed by atoms with E-state index >= 15 is 0 Å². The van der Waals surface area contributed by atoms with Crippen molar-refractivity contribution >= 4 is 19.8 Å². The third-order valence-electron chi connectivity index (χ3n) is 10.9. The van der Waals surface area contributed by atoms with Crippen LogP contribution >= 0.6 is 7.82 Å². The molecule has 0 aliphatic heterocycles. The molecule has 2 atom stereocenters. The second-order valence-electron chi connectivity index (χ2n) is 17.8. The van der Waals surface area contributed by atoms with Gasteiger partial charge in [-0.15, -0.1) is 0 Å². The summed E-state index contributed by atoms with van der Waals surface area (Å²) in [6.45, 7) is 4.17. The number of esters is 2. The van der Waals surface area contributed by atoms with E-state index in [0.29, 0.717) is 17.4 Å². The fourth-order valence-corrected chi connectivity index (χ4v) is 7.80. The summed E-state index contributed by atoms with van der Waals surface area (Å²) in [4.78, 5) is 37.2. The Balaban J connectivity index is 3.88. The molecule has 0 fully saturated rings. The lowest BCUT2D eigenvalue weighted by Gasteiger charge is -2.28. The highest BCUT2D eigenvalue weighted by Gasteiger charge is 2.21. The lowest BCUT2D eigenvalue weighted by Crippen LogP contribution is -2.37. The molecule has 2 unspecified atom stereocenters. The summed E-state index contributed by atoms with van der Waals surface area (Å²) in [6.07, 6.45) is 42.1. The number of carbonyl (C=O) groups is 2. The van der Waals surface area contributed by atoms with Crippen molar-refractivity contribution in [2.24, 2.45) is 0 Å². The van der Waals surface area contributed by atoms with Crippen molar-refractivity contribution < 1.29 is 42.1 Å². The summed E-state index contributed by atoms with van der Waals surface area (Å²) in [5, 5.41) is 0. The zero-order valence-corrected chi connectivity index (χ0v) is 39.2. The quantitative estimate of drug-likeness (QED) is 0.0258. The van der Waals surface area contributed by atoms with Crippen molar-refractivity contribution in [2.75, 3.05) is 47.5 Å². The number of rotatable bonds is 45. The molecule has 10 heteroatoms. The predicted molar refractivity (Wildman–Crippen MR) is 236 cm³/mol. The number of nitrogens with zero attached hydrogens (tertiary/aromatic N) is 1. The average molecular weight is 832 g/mol. The van der Waals surface area contributed by atoms with Crippen molar-refractivity contribution in [3.05, 3.63) is 0 Å². The highest BCUT2D eigenvalue weighted by Crippen LogP contribution is 2.38. The SMILES string of the molecule is CCCCCCCCCCCCCCCCCCCCCCCCCCCCCCC(=O)OC(COC(=O)CCCCCCC)COP(=O)([O-])OCC[N+](C)(C)C. The Hall–Kier alpha value is -0.990. The van der Waals surface area contributed by atoms with Crippen LogP contribution in [0.1, 0.15) is 239 Å². The molecular formula is C47H94NO8P. The van der Waals surface area contributed by atoms with Crippen LogP contribution in [0, 0.1) is 0 Å². The van der Waals surface area contributed by atoms with E-state index in [2.05, 4.69) is 13.8 Å². The maximum absolute atomic E-state index is 12.6. The molecule has 0 saturated carbocycles. The summed E-state index contributed by atoms with van der Waals surface area (Å²) >= 11 is 0. The third kappa shape index (κ3) is 44.4. The minimum atomic E-state index is -4.61. The number of hydrogen-bond acceptors (Lipinski definition) is 8. The van der Waals surface area contributed by atoms with Crippen LogP contribution in [-0.4, -0.2) is 70.0 Å². The largest absolute Gasteiger partial charge is 0.756 e. The number of phosphoric ester groups is 1. The van der Waals surface area contributed by atoms with Gasteiger partial charge in [0, 0.05) is 12.8 Å². The van der Waals surface area contributed by atoms with Gasteiger partial charge in [-0.3, -0.25) is 14.2 Å². The molecule has 0 radical (unpaired) electrons. The van der Waals surface area contributed by atoms with Gasteiger partial charge in [-0.05, 0) is 12.8 Å². The maximum atomic E-state index is 12.6. The number of hydrogen-bond donors (Lipinski definition) is 0. The summed E-state index contributed by atoms with van der Waals surface area (Å²) in [5.41, 5.74) is 0. The van der Waals surface area contributed by atoms with Crippen molar-refractivity contribution in [3.63, 3.8) is 0 Å². The van der Waals surface area contributed by atoms with Gasteiger partial charge < -0.3 is 27.9 Å². The first-order valence-corrected chi connectivity index (χ1v) is 25.7. The molecule has 0 heterocycles. The van der Waals surface area contributed by atoms with Crippen molar-refractivity contribution in [2.45, 2.75) is 245 Å². The second-order valence-corrected chi connectivity index (χ2v) is 19.3. The van der Waals surface area contributed by atoms with Crippen LogP contribution in [0.25, 0.3) is 0 Å². The van der Waals surface area contributed by atoms with Crippen LogP contribution < -0.4 is 4.89 Å². The van der Waals surface area contributed by atoms with Crippen molar-refractivity contribution in [3.8, 4) is 0 Å². The summed E-state index contributed by atoms with van der Waals surface area (Å²) in [5.74, 6) is -0.835. The first-order chi connectivity index (χ1) is 27.5. The number of likely N-dealkylation sites (N-methyl/N-ethyl adjacent to an activating group) is 1. The molecule has 340 valence electrons. The second kappa shape index (κ2) is 40.4. The van der Waals surface area contributed by atoms with Crippen LogP contribution in [0.2, 0.25) is 0 Å². The Kier molecular flexibility index (Phi) is 39.7. The summed E-state index contributed by atoms with van der Waals surface area (Å²) in [7, 11) is 1.18. The third-order valence-corrected chi connectivity index (χ3v) is 11.8. The molecular weight excluding hydrogens is 737 g/mol. The topological polar surface area (TPSA) is 111 Å². The van der Waals surface area contributed by atoms with E-state index in [1.165, 1.54) is 161 Å². The summed E-state index contributed by atoms with van der Waals surface area (Å²) in [6, 6.07) is 0. The van der Waals surface area contributed by atoms with Crippen molar-refractivity contribution in [1.29, 1.82) is 0 Å². The molecule has 0 saturated heterocycles. The number of carbonyl (C=O) groups excluding carboxylic acids is 2. The maximum Gasteiger partial charge on any atom is 0.306 e. The van der Waals surface area contributed by atoms with Gasteiger partial charge in [-0.25, -0.2) is 0 Å². The van der Waals surface area contributed by atoms with Gasteiger partial charge in [0.1, 0.15) is 19.8 Å². The van der Waals surface area contributed by atoms with Gasteiger partial charge in [0.2, 0.25) is 0 Å². The Labute approximate surface area is 353 Å². The van der Waals surface area contributed by atoms with Crippen LogP contribution in [0.15, 0.2) is 0 Å². The fraction of sp³-hybridized carbons (Fsp3) is 0.957. The Morgan fingerprint density at radius 2 is 0.789 bits per heavy atom. The zero-order chi connectivity index (χ0) is 42.1. The van der Waals surface area contributed by atoms with Gasteiger partial charge in [0.15, 0.2) is 6.10 Å². The smallest absolute Gasteiger partial charge is 0.306 e. The normalized spacial score (nSPS) is 13.4. The van der Waals surface area contributed by atoms with Gasteiger partial charge in [-0.2, -0.15) is 0 Å². The zero-order valence-electron chi connectivity index (χ0n) is 38.3. The van der Waals surface area contributed by atoms with E-state index < -0.39 is 32.5 Å². The van der Waals surface area contributed by atoms with E-state index in [9.17, 15) is 19.0 Å². The molecule has 9 nitrogen and oxygen atoms in total. The standard InChI is InChI=1S/C47H94NO8P/c1-6-8-10-12-13-14-15-16-17-18-19-20-21-22-23-24-25-26-27-28-29-30-31-32-33-34-36-38-40-47(50)56-45(43-53-46(49)39-37-35-11-9-7-2)44-55-57(51,52)54-42-41-48(3,4)5/h45H,6-44H2,1-5H3. The molecule has 0 N–H and O–H groups in total. The Morgan fingerprint density at radius 3 is 1.12 bits per heavy atom. The van der Waals surface area contributed by atoms with E-state index in [1.807, 2.05) is 21.1 Å². The summed E-state index contributed by atoms with van der Waals surface area (Å²) < 4.78 is 33.7.